The number of anilines is 1. The molecule has 0 spiro atoms. The zero-order valence-corrected chi connectivity index (χ0v) is 15.0. The molecule has 1 saturated heterocycles. The first-order valence-electron chi connectivity index (χ1n) is 7.69. The molecule has 0 aromatic heterocycles. The molecule has 0 bridgehead atoms. The lowest BCUT2D eigenvalue weighted by Gasteiger charge is -2.14. The van der Waals surface area contributed by atoms with Gasteiger partial charge in [-0.15, -0.1) is 0 Å². The van der Waals surface area contributed by atoms with Crippen molar-refractivity contribution in [2.75, 3.05) is 19.1 Å². The van der Waals surface area contributed by atoms with E-state index in [4.69, 9.17) is 21.7 Å². The third kappa shape index (κ3) is 3.34. The van der Waals surface area contributed by atoms with Crippen LogP contribution in [-0.4, -0.2) is 25.2 Å². The summed E-state index contributed by atoms with van der Waals surface area (Å²) in [5.41, 5.74) is 2.96. The van der Waals surface area contributed by atoms with E-state index in [1.165, 1.54) is 4.90 Å². The van der Waals surface area contributed by atoms with Gasteiger partial charge in [0.1, 0.15) is 17.2 Å². The molecule has 128 valence electrons. The first-order valence-corrected chi connectivity index (χ1v) is 8.10. The number of aryl methyl sites for hydroxylation is 1. The van der Waals surface area contributed by atoms with E-state index in [1.807, 2.05) is 43.3 Å². The lowest BCUT2D eigenvalue weighted by atomic mass is 10.1. The fourth-order valence-corrected chi connectivity index (χ4v) is 2.93. The molecule has 25 heavy (non-hydrogen) atoms. The number of hydrogen-bond donors (Lipinski definition) is 1. The monoisotopic (exact) mass is 354 g/mol. The molecule has 1 N–H and O–H groups in total. The van der Waals surface area contributed by atoms with Gasteiger partial charge in [0.05, 0.1) is 19.9 Å². The van der Waals surface area contributed by atoms with E-state index in [0.717, 1.165) is 16.8 Å². The molecule has 1 aliphatic rings. The summed E-state index contributed by atoms with van der Waals surface area (Å²) in [5, 5.41) is 3.34. The van der Waals surface area contributed by atoms with Gasteiger partial charge < -0.3 is 14.8 Å². The number of ether oxygens (including phenoxy) is 2. The summed E-state index contributed by atoms with van der Waals surface area (Å²) < 4.78 is 10.6. The van der Waals surface area contributed by atoms with Crippen LogP contribution in [0, 0.1) is 6.92 Å². The van der Waals surface area contributed by atoms with Crippen LogP contribution in [-0.2, 0) is 4.79 Å². The molecule has 1 amide bonds. The minimum atomic E-state index is -0.200. The number of thiocarbonyl (C=S) groups is 1. The number of carbonyl (C=O) groups excluding carboxylic acids is 1. The number of rotatable bonds is 4. The van der Waals surface area contributed by atoms with Crippen LogP contribution in [0.15, 0.2) is 48.2 Å². The molecule has 6 heteroatoms. The molecule has 1 heterocycles. The second kappa shape index (κ2) is 6.94. The van der Waals surface area contributed by atoms with E-state index in [9.17, 15) is 4.79 Å². The number of carbonyl (C=O) groups is 1. The summed E-state index contributed by atoms with van der Waals surface area (Å²) in [7, 11) is 3.16. The van der Waals surface area contributed by atoms with Gasteiger partial charge in [0.15, 0.2) is 5.11 Å². The average molecular weight is 354 g/mol. The molecule has 5 nitrogen and oxygen atoms in total. The molecular weight excluding hydrogens is 336 g/mol. The van der Waals surface area contributed by atoms with E-state index in [0.29, 0.717) is 22.3 Å². The Balaban J connectivity index is 1.96. The number of hydrogen-bond acceptors (Lipinski definition) is 4. The van der Waals surface area contributed by atoms with E-state index < -0.39 is 0 Å². The molecular formula is C19H18N2O3S. The maximum atomic E-state index is 12.8. The molecule has 2 aromatic carbocycles. The maximum absolute atomic E-state index is 12.8. The lowest BCUT2D eigenvalue weighted by molar-refractivity contribution is -0.113. The van der Waals surface area contributed by atoms with Crippen molar-refractivity contribution in [3.8, 4) is 11.5 Å². The summed E-state index contributed by atoms with van der Waals surface area (Å²) >= 11 is 5.34. The summed E-state index contributed by atoms with van der Waals surface area (Å²) in [5.74, 6) is 1.09. The van der Waals surface area contributed by atoms with Crippen LogP contribution in [0.2, 0.25) is 0 Å². The predicted octanol–water partition coefficient (Wildman–Crippen LogP) is 3.27. The predicted molar refractivity (Wildman–Crippen MR) is 102 cm³/mol. The van der Waals surface area contributed by atoms with Crippen molar-refractivity contribution in [2.24, 2.45) is 0 Å². The van der Waals surface area contributed by atoms with Crippen LogP contribution in [0.25, 0.3) is 6.08 Å². The van der Waals surface area contributed by atoms with Crippen LogP contribution in [0.5, 0.6) is 11.5 Å². The summed E-state index contributed by atoms with van der Waals surface area (Å²) in [6.45, 7) is 1.97. The van der Waals surface area contributed by atoms with Crippen LogP contribution in [0.1, 0.15) is 11.1 Å². The maximum Gasteiger partial charge on any atom is 0.281 e. The first kappa shape index (κ1) is 17.0. The average Bonchev–Trinajstić information content (AvgIpc) is 2.88. The molecule has 0 saturated carbocycles. The fourth-order valence-electron chi connectivity index (χ4n) is 2.63. The highest BCUT2D eigenvalue weighted by molar-refractivity contribution is 7.80. The van der Waals surface area contributed by atoms with E-state index in [1.54, 1.807) is 26.4 Å². The lowest BCUT2D eigenvalue weighted by Crippen LogP contribution is -2.30. The second-order valence-corrected chi connectivity index (χ2v) is 5.96. The Bertz CT molecular complexity index is 877. The highest BCUT2D eigenvalue weighted by atomic mass is 32.1. The van der Waals surface area contributed by atoms with Crippen LogP contribution in [0.4, 0.5) is 5.69 Å². The largest absolute Gasteiger partial charge is 0.497 e. The molecule has 0 aliphatic carbocycles. The van der Waals surface area contributed by atoms with Crippen molar-refractivity contribution in [1.29, 1.82) is 0 Å². The fraction of sp³-hybridized carbons (Fsp3) is 0.158. The van der Waals surface area contributed by atoms with Crippen molar-refractivity contribution in [2.45, 2.75) is 6.92 Å². The molecule has 0 unspecified atom stereocenters. The van der Waals surface area contributed by atoms with Crippen molar-refractivity contribution >= 4 is 35.0 Å². The molecule has 0 atom stereocenters. The molecule has 1 fully saturated rings. The Morgan fingerprint density at radius 2 is 1.92 bits per heavy atom. The molecule has 2 aromatic rings. The molecule has 1 aliphatic heterocycles. The van der Waals surface area contributed by atoms with Gasteiger partial charge >= 0.3 is 0 Å². The van der Waals surface area contributed by atoms with Crippen molar-refractivity contribution < 1.29 is 14.3 Å². The minimum absolute atomic E-state index is 0.200. The van der Waals surface area contributed by atoms with Gasteiger partial charge in [-0.2, -0.15) is 0 Å². The number of methoxy groups -OCH3 is 2. The van der Waals surface area contributed by atoms with Gasteiger partial charge in [-0.1, -0.05) is 12.1 Å². The van der Waals surface area contributed by atoms with E-state index in [2.05, 4.69) is 5.32 Å². The van der Waals surface area contributed by atoms with Gasteiger partial charge in [0.25, 0.3) is 5.91 Å². The molecule has 0 radical (unpaired) electrons. The van der Waals surface area contributed by atoms with Crippen molar-refractivity contribution in [3.63, 3.8) is 0 Å². The van der Waals surface area contributed by atoms with Gasteiger partial charge in [0, 0.05) is 11.6 Å². The normalized spacial score (nSPS) is 15.5. The first-order chi connectivity index (χ1) is 12.0. The number of benzene rings is 2. The number of nitrogens with zero attached hydrogens (tertiary/aromatic N) is 1. The number of amides is 1. The Morgan fingerprint density at radius 1 is 1.12 bits per heavy atom. The smallest absolute Gasteiger partial charge is 0.281 e. The third-order valence-corrected chi connectivity index (χ3v) is 4.16. The van der Waals surface area contributed by atoms with Gasteiger partial charge in [-0.25, -0.2) is 0 Å². The quantitative estimate of drug-likeness (QED) is 0.675. The van der Waals surface area contributed by atoms with Crippen LogP contribution < -0.4 is 19.7 Å². The zero-order valence-electron chi connectivity index (χ0n) is 14.2. The van der Waals surface area contributed by atoms with Gasteiger partial charge in [-0.05, 0) is 55.0 Å². The minimum Gasteiger partial charge on any atom is -0.497 e. The Morgan fingerprint density at radius 3 is 2.60 bits per heavy atom. The highest BCUT2D eigenvalue weighted by Gasteiger charge is 2.32. The van der Waals surface area contributed by atoms with Crippen LogP contribution >= 0.6 is 12.2 Å². The Hall–Kier alpha value is -2.86. The van der Waals surface area contributed by atoms with Gasteiger partial charge in [-0.3, -0.25) is 9.69 Å². The third-order valence-electron chi connectivity index (χ3n) is 3.88. The SMILES string of the molecule is COc1ccc(/C=C2/NC(=S)N(c3cccc(C)c3)C2=O)c(OC)c1. The topological polar surface area (TPSA) is 50.8 Å². The van der Waals surface area contributed by atoms with Crippen molar-refractivity contribution in [3.05, 3.63) is 59.3 Å². The van der Waals surface area contributed by atoms with Crippen LogP contribution in [0.3, 0.4) is 0 Å². The Kier molecular flexibility index (Phi) is 4.72. The van der Waals surface area contributed by atoms with Gasteiger partial charge in [0.2, 0.25) is 0 Å². The summed E-state index contributed by atoms with van der Waals surface area (Å²) in [6, 6.07) is 13.1. The molecule has 3 rings (SSSR count). The standard InChI is InChI=1S/C19H18N2O3S/c1-12-5-4-6-14(9-12)21-18(22)16(20-19(21)25)10-13-7-8-15(23-2)11-17(13)24-3/h4-11H,1-3H3,(H,20,25)/b16-10+. The van der Waals surface area contributed by atoms with Crippen molar-refractivity contribution in [1.82, 2.24) is 5.32 Å². The van der Waals surface area contributed by atoms with E-state index >= 15 is 0 Å². The number of nitrogens with one attached hydrogen (secondary N) is 1. The summed E-state index contributed by atoms with van der Waals surface area (Å²) in [6.07, 6.45) is 1.72. The summed E-state index contributed by atoms with van der Waals surface area (Å²) in [4.78, 5) is 14.3. The Labute approximate surface area is 151 Å². The second-order valence-electron chi connectivity index (χ2n) is 5.58. The zero-order chi connectivity index (χ0) is 18.0. The van der Waals surface area contributed by atoms with E-state index in [-0.39, 0.29) is 5.91 Å². The highest BCUT2D eigenvalue weighted by Crippen LogP contribution is 2.28.